The maximum atomic E-state index is 13.2. The number of fused-ring (bicyclic) bond motifs is 4. The SMILES string of the molecule is C[C@@H]1/C=C\[C@@H](O)[C@@H]2CC[C@H]2CN2C[C@@]3(CCCc4cc(Cl)ccc43)COc3ccc(cc32)C(=O)NS(=O)(=O)C[C@@H]1C. The van der Waals surface area contributed by atoms with Crippen LogP contribution < -0.4 is 14.4 Å². The Morgan fingerprint density at radius 3 is 2.73 bits per heavy atom. The third-order valence-electron chi connectivity index (χ3n) is 9.91. The normalized spacial score (nSPS) is 33.8. The highest BCUT2D eigenvalue weighted by molar-refractivity contribution is 7.90. The zero-order valence-corrected chi connectivity index (χ0v) is 25.3. The molecule has 1 saturated carbocycles. The van der Waals surface area contributed by atoms with E-state index in [1.165, 1.54) is 11.1 Å². The molecule has 6 rings (SSSR count). The van der Waals surface area contributed by atoms with Gasteiger partial charge in [-0.25, -0.2) is 13.1 Å². The predicted molar refractivity (Wildman–Crippen MR) is 161 cm³/mol. The van der Waals surface area contributed by atoms with Crippen LogP contribution in [-0.2, 0) is 21.9 Å². The van der Waals surface area contributed by atoms with E-state index in [9.17, 15) is 18.3 Å². The van der Waals surface area contributed by atoms with Crippen molar-refractivity contribution in [2.45, 2.75) is 57.5 Å². The summed E-state index contributed by atoms with van der Waals surface area (Å²) in [5.74, 6) is -0.0304. The quantitative estimate of drug-likeness (QED) is 0.410. The Morgan fingerprint density at radius 1 is 1.12 bits per heavy atom. The Kier molecular flexibility index (Phi) is 7.62. The van der Waals surface area contributed by atoms with Gasteiger partial charge in [0.2, 0.25) is 10.0 Å². The van der Waals surface area contributed by atoms with Crippen LogP contribution in [0, 0.1) is 23.7 Å². The molecule has 41 heavy (non-hydrogen) atoms. The summed E-state index contributed by atoms with van der Waals surface area (Å²) in [4.78, 5) is 15.6. The number of carbonyl (C=O) groups excluding carboxylic acids is 1. The topological polar surface area (TPSA) is 95.9 Å². The first kappa shape index (κ1) is 28.6. The largest absolute Gasteiger partial charge is 0.490 e. The number of nitrogens with zero attached hydrogens (tertiary/aromatic N) is 1. The van der Waals surface area contributed by atoms with E-state index < -0.39 is 22.0 Å². The van der Waals surface area contributed by atoms with E-state index in [-0.39, 0.29) is 40.4 Å². The number of hydrogen-bond acceptors (Lipinski definition) is 6. The lowest BCUT2D eigenvalue weighted by Crippen LogP contribution is -2.49. The summed E-state index contributed by atoms with van der Waals surface area (Å²) in [6.07, 6.45) is 8.11. The molecule has 1 amide bonds. The molecule has 2 N–H and O–H groups in total. The molecule has 2 heterocycles. The molecule has 220 valence electrons. The van der Waals surface area contributed by atoms with Gasteiger partial charge in [-0.1, -0.05) is 43.7 Å². The van der Waals surface area contributed by atoms with Gasteiger partial charge >= 0.3 is 0 Å². The van der Waals surface area contributed by atoms with Crippen LogP contribution in [0.4, 0.5) is 5.69 Å². The zero-order valence-electron chi connectivity index (χ0n) is 23.7. The van der Waals surface area contributed by atoms with Crippen molar-refractivity contribution in [3.05, 3.63) is 70.3 Å². The van der Waals surface area contributed by atoms with Crippen molar-refractivity contribution in [3.63, 3.8) is 0 Å². The zero-order chi connectivity index (χ0) is 28.9. The van der Waals surface area contributed by atoms with Gasteiger partial charge in [-0.3, -0.25) is 4.79 Å². The van der Waals surface area contributed by atoms with Gasteiger partial charge in [-0.2, -0.15) is 0 Å². The minimum atomic E-state index is -3.86. The molecule has 2 aliphatic carbocycles. The number of benzene rings is 2. The second-order valence-corrected chi connectivity index (χ2v) is 14.9. The van der Waals surface area contributed by atoms with E-state index in [2.05, 4.69) is 21.8 Å². The Labute approximate surface area is 248 Å². The number of allylic oxidation sites excluding steroid dienone is 1. The molecule has 6 atom stereocenters. The van der Waals surface area contributed by atoms with Crippen LogP contribution in [0.3, 0.4) is 0 Å². The summed E-state index contributed by atoms with van der Waals surface area (Å²) in [6.45, 7) is 5.71. The van der Waals surface area contributed by atoms with Crippen LogP contribution in [-0.4, -0.2) is 51.0 Å². The van der Waals surface area contributed by atoms with E-state index in [0.29, 0.717) is 25.4 Å². The van der Waals surface area contributed by atoms with Gasteiger partial charge in [0, 0.05) is 29.1 Å². The number of aliphatic hydroxyl groups excluding tert-OH is 1. The smallest absolute Gasteiger partial charge is 0.264 e. The van der Waals surface area contributed by atoms with Crippen LogP contribution >= 0.6 is 11.6 Å². The lowest BCUT2D eigenvalue weighted by atomic mass is 9.68. The first-order valence-electron chi connectivity index (χ1n) is 14.8. The fourth-order valence-corrected chi connectivity index (χ4v) is 8.84. The summed E-state index contributed by atoms with van der Waals surface area (Å²) in [6, 6.07) is 11.4. The van der Waals surface area contributed by atoms with E-state index in [1.807, 2.05) is 32.1 Å². The van der Waals surface area contributed by atoms with Gasteiger partial charge in [0.1, 0.15) is 5.75 Å². The number of anilines is 1. The molecule has 7 nitrogen and oxygen atoms in total. The maximum absolute atomic E-state index is 13.2. The average molecular weight is 599 g/mol. The Bertz CT molecular complexity index is 1480. The number of rotatable bonds is 0. The van der Waals surface area contributed by atoms with E-state index >= 15 is 0 Å². The Balaban J connectivity index is 1.42. The van der Waals surface area contributed by atoms with Crippen molar-refractivity contribution in [1.82, 2.24) is 4.72 Å². The van der Waals surface area contributed by atoms with Crippen molar-refractivity contribution in [3.8, 4) is 5.75 Å². The van der Waals surface area contributed by atoms with Gasteiger partial charge in [0.25, 0.3) is 5.91 Å². The van der Waals surface area contributed by atoms with Crippen LogP contribution in [0.2, 0.25) is 5.02 Å². The van der Waals surface area contributed by atoms with Gasteiger partial charge in [-0.05, 0) is 97.2 Å². The number of amides is 1. The molecule has 0 saturated heterocycles. The summed E-state index contributed by atoms with van der Waals surface area (Å²) in [7, 11) is -3.86. The van der Waals surface area contributed by atoms with Crippen LogP contribution in [0.1, 0.15) is 61.0 Å². The third kappa shape index (κ3) is 5.63. The standard InChI is InChI=1S/C32H39ClN2O5S/c1-20-5-11-29(36)26-9-6-24(26)16-35-18-32(13-3-4-22-14-25(33)8-10-27(22)32)19-40-30-12-7-23(15-28(30)35)31(37)34-41(38,39)17-21(20)2/h5,7-8,10-12,14-15,20-21,24,26,29,36H,3-4,6,9,13,16-19H2,1-2H3,(H,34,37)/b11-5-/t20-,21+,24+,26-,29-,32+/m1/s1. The highest BCUT2D eigenvalue weighted by Crippen LogP contribution is 2.46. The van der Waals surface area contributed by atoms with Crippen molar-refractivity contribution in [2.75, 3.05) is 30.3 Å². The molecule has 9 heteroatoms. The van der Waals surface area contributed by atoms with Gasteiger partial charge in [0.15, 0.2) is 0 Å². The number of nitrogens with one attached hydrogen (secondary N) is 1. The van der Waals surface area contributed by atoms with Crippen molar-refractivity contribution >= 4 is 33.2 Å². The minimum Gasteiger partial charge on any atom is -0.490 e. The first-order valence-corrected chi connectivity index (χ1v) is 16.8. The highest BCUT2D eigenvalue weighted by Gasteiger charge is 2.44. The fourth-order valence-electron chi connectivity index (χ4n) is 7.17. The number of aliphatic hydroxyl groups is 1. The Morgan fingerprint density at radius 2 is 1.95 bits per heavy atom. The van der Waals surface area contributed by atoms with E-state index in [0.717, 1.165) is 42.8 Å². The number of carbonyl (C=O) groups is 1. The lowest BCUT2D eigenvalue weighted by molar-refractivity contribution is 0.0454. The van der Waals surface area contributed by atoms with Crippen molar-refractivity contribution in [2.24, 2.45) is 23.7 Å². The first-order chi connectivity index (χ1) is 19.5. The molecule has 1 spiro atoms. The molecule has 2 aromatic carbocycles. The maximum Gasteiger partial charge on any atom is 0.264 e. The Hall–Kier alpha value is -2.55. The number of aryl methyl sites for hydroxylation is 1. The van der Waals surface area contributed by atoms with Crippen LogP contribution in [0.5, 0.6) is 5.75 Å². The number of sulfonamides is 1. The van der Waals surface area contributed by atoms with E-state index in [1.54, 1.807) is 18.2 Å². The average Bonchev–Trinajstić information content (AvgIpc) is 3.05. The second kappa shape index (κ2) is 10.9. The molecule has 0 radical (unpaired) electrons. The lowest BCUT2D eigenvalue weighted by Gasteiger charge is -2.45. The molecule has 0 aromatic heterocycles. The minimum absolute atomic E-state index is 0.0730. The van der Waals surface area contributed by atoms with Crippen molar-refractivity contribution in [1.29, 1.82) is 0 Å². The van der Waals surface area contributed by atoms with E-state index in [4.69, 9.17) is 16.3 Å². The predicted octanol–water partition coefficient (Wildman–Crippen LogP) is 5.10. The summed E-state index contributed by atoms with van der Waals surface area (Å²) in [5, 5.41) is 11.9. The molecule has 1 fully saturated rings. The highest BCUT2D eigenvalue weighted by atomic mass is 35.5. The summed E-state index contributed by atoms with van der Waals surface area (Å²) in [5.41, 5.74) is 3.33. The van der Waals surface area contributed by atoms with Gasteiger partial charge in [-0.15, -0.1) is 0 Å². The third-order valence-corrected chi connectivity index (χ3v) is 11.6. The fraction of sp³-hybridized carbons (Fsp3) is 0.531. The number of ether oxygens (including phenoxy) is 1. The van der Waals surface area contributed by atoms with Crippen LogP contribution in [0.15, 0.2) is 48.6 Å². The number of halogens is 1. The number of hydrogen-bond donors (Lipinski definition) is 2. The molecular formula is C32H39ClN2O5S. The summed E-state index contributed by atoms with van der Waals surface area (Å²) < 4.78 is 34.7. The van der Waals surface area contributed by atoms with Gasteiger partial charge in [0.05, 0.1) is 24.2 Å². The summed E-state index contributed by atoms with van der Waals surface area (Å²) >= 11 is 6.38. The second-order valence-electron chi connectivity index (χ2n) is 12.7. The van der Waals surface area contributed by atoms with Gasteiger partial charge < -0.3 is 14.7 Å². The molecule has 2 aromatic rings. The molecule has 0 unspecified atom stereocenters. The van der Waals surface area contributed by atoms with Crippen molar-refractivity contribution < 1.29 is 23.1 Å². The molecule has 2 bridgehead atoms. The monoisotopic (exact) mass is 598 g/mol. The molecular weight excluding hydrogens is 560 g/mol. The molecule has 2 aliphatic heterocycles. The molecule has 4 aliphatic rings. The van der Waals surface area contributed by atoms with Crippen LogP contribution in [0.25, 0.3) is 0 Å².